The van der Waals surface area contributed by atoms with E-state index in [1.165, 1.54) is 0 Å². The van der Waals surface area contributed by atoms with Crippen LogP contribution in [0.4, 0.5) is 25.8 Å². The summed E-state index contributed by atoms with van der Waals surface area (Å²) in [5.41, 5.74) is -1.72. The van der Waals surface area contributed by atoms with Crippen molar-refractivity contribution in [1.82, 2.24) is 0 Å². The summed E-state index contributed by atoms with van der Waals surface area (Å²) in [6.07, 6.45) is 0. The maximum atomic E-state index is 12.8. The van der Waals surface area contributed by atoms with Crippen LogP contribution in [0, 0.1) is 29.1 Å². The largest absolute Gasteiger partial charge is 0.306 e. The molecule has 2 nitrogen and oxygen atoms in total. The van der Waals surface area contributed by atoms with Crippen molar-refractivity contribution < 1.29 is 34.3 Å². The highest BCUT2D eigenvalue weighted by Crippen LogP contribution is 2.24. The van der Waals surface area contributed by atoms with Crippen LogP contribution in [-0.4, -0.2) is 8.42 Å². The van der Waals surface area contributed by atoms with Crippen molar-refractivity contribution in [2.45, 2.75) is 5.75 Å². The normalized spacial score (nSPS) is 11.9. The van der Waals surface area contributed by atoms with Crippen LogP contribution in [0.2, 0.25) is 0 Å². The molecule has 1 aromatic rings. The van der Waals surface area contributed by atoms with Gasteiger partial charge in [0.2, 0.25) is 5.82 Å². The monoisotopic (exact) mass is 264 g/mol. The van der Waals surface area contributed by atoms with Crippen LogP contribution in [0.5, 0.6) is 0 Å². The summed E-state index contributed by atoms with van der Waals surface area (Å²) < 4.78 is 95.3. The van der Waals surface area contributed by atoms with E-state index < -0.39 is 50.6 Å². The Morgan fingerprint density at radius 2 is 1.06 bits per heavy atom. The molecule has 0 aliphatic heterocycles. The summed E-state index contributed by atoms with van der Waals surface area (Å²) in [6, 6.07) is 0. The van der Waals surface area contributed by atoms with Crippen LogP contribution < -0.4 is 0 Å². The second-order valence-corrected chi connectivity index (χ2v) is 4.10. The Balaban J connectivity index is 3.52. The van der Waals surface area contributed by atoms with E-state index in [1.54, 1.807) is 0 Å². The van der Waals surface area contributed by atoms with Gasteiger partial charge in [-0.05, 0) is 0 Å². The zero-order valence-electron chi connectivity index (χ0n) is 7.20. The lowest BCUT2D eigenvalue weighted by Gasteiger charge is -2.05. The molecule has 0 fully saturated rings. The van der Waals surface area contributed by atoms with Crippen molar-refractivity contribution in [3.63, 3.8) is 0 Å². The second kappa shape index (κ2) is 3.96. The molecule has 0 aliphatic carbocycles. The van der Waals surface area contributed by atoms with E-state index in [0.29, 0.717) is 0 Å². The summed E-state index contributed by atoms with van der Waals surface area (Å²) >= 11 is 0. The second-order valence-electron chi connectivity index (χ2n) is 2.73. The first-order chi connectivity index (χ1) is 7.15. The molecule has 0 amide bonds. The van der Waals surface area contributed by atoms with Crippen LogP contribution >= 0.6 is 0 Å². The van der Waals surface area contributed by atoms with Gasteiger partial charge in [0, 0.05) is 5.56 Å². The summed E-state index contributed by atoms with van der Waals surface area (Å²) in [7, 11) is -5.40. The van der Waals surface area contributed by atoms with E-state index in [9.17, 15) is 34.3 Å². The highest BCUT2D eigenvalue weighted by atomic mass is 32.3. The first kappa shape index (κ1) is 12.8. The van der Waals surface area contributed by atoms with E-state index in [0.717, 1.165) is 0 Å². The first-order valence-electron chi connectivity index (χ1n) is 3.57. The lowest BCUT2D eigenvalue weighted by molar-refractivity contribution is 0.372. The summed E-state index contributed by atoms with van der Waals surface area (Å²) in [6.45, 7) is 0. The van der Waals surface area contributed by atoms with Gasteiger partial charge in [-0.2, -0.15) is 8.42 Å². The van der Waals surface area contributed by atoms with Gasteiger partial charge in [0.05, 0.1) is 0 Å². The number of hydrogen-bond acceptors (Lipinski definition) is 2. The van der Waals surface area contributed by atoms with E-state index in [2.05, 4.69) is 0 Å². The average molecular weight is 264 g/mol. The number of hydrogen-bond donors (Lipinski definition) is 0. The summed E-state index contributed by atoms with van der Waals surface area (Å²) in [5.74, 6) is -13.7. The fraction of sp³-hybridized carbons (Fsp3) is 0.143. The molecule has 0 saturated carbocycles. The topological polar surface area (TPSA) is 34.1 Å². The van der Waals surface area contributed by atoms with Crippen molar-refractivity contribution in [3.8, 4) is 0 Å². The molecule has 0 N–H and O–H groups in total. The van der Waals surface area contributed by atoms with Gasteiger partial charge in [-0.25, -0.2) is 22.0 Å². The molecule has 0 atom stereocenters. The third kappa shape index (κ3) is 2.29. The smallest absolute Gasteiger partial charge is 0.203 e. The Morgan fingerprint density at radius 1 is 0.750 bits per heavy atom. The number of rotatable bonds is 2. The van der Waals surface area contributed by atoms with Crippen molar-refractivity contribution in [3.05, 3.63) is 34.6 Å². The molecule has 0 bridgehead atoms. The molecular weight excluding hydrogens is 262 g/mol. The predicted molar refractivity (Wildman–Crippen MR) is 40.0 cm³/mol. The minimum atomic E-state index is -5.40. The van der Waals surface area contributed by atoms with Crippen molar-refractivity contribution in [2.75, 3.05) is 0 Å². The highest BCUT2D eigenvalue weighted by molar-refractivity contribution is 7.85. The van der Waals surface area contributed by atoms with Crippen molar-refractivity contribution in [2.24, 2.45) is 0 Å². The van der Waals surface area contributed by atoms with Crippen LogP contribution in [0.3, 0.4) is 0 Å². The lowest BCUT2D eigenvalue weighted by Crippen LogP contribution is -2.10. The fourth-order valence-corrected chi connectivity index (χ4v) is 1.55. The molecule has 16 heavy (non-hydrogen) atoms. The Morgan fingerprint density at radius 3 is 1.38 bits per heavy atom. The minimum absolute atomic E-state index is 1.72. The van der Waals surface area contributed by atoms with E-state index in [1.807, 2.05) is 0 Å². The van der Waals surface area contributed by atoms with Gasteiger partial charge < -0.3 is 0 Å². The Labute approximate surface area is 85.7 Å². The SMILES string of the molecule is O=S(=O)(F)Cc1c(F)c(F)c(F)c(F)c1F. The van der Waals surface area contributed by atoms with Crippen LogP contribution in [-0.2, 0) is 16.0 Å². The van der Waals surface area contributed by atoms with E-state index in [4.69, 9.17) is 0 Å². The molecule has 0 saturated heterocycles. The standard InChI is InChI=1S/C7H2F6O2S/c8-3-2(1-16(13,14)15)4(9)6(11)7(12)5(3)10/h1H2. The molecule has 9 heteroatoms. The number of halogens is 6. The molecule has 0 unspecified atom stereocenters. The fourth-order valence-electron chi connectivity index (χ4n) is 0.949. The zero-order chi connectivity index (χ0) is 12.7. The van der Waals surface area contributed by atoms with Gasteiger partial charge in [0.15, 0.2) is 23.3 Å². The van der Waals surface area contributed by atoms with E-state index in [-0.39, 0.29) is 0 Å². The maximum absolute atomic E-state index is 12.8. The quantitative estimate of drug-likeness (QED) is 0.355. The first-order valence-corrected chi connectivity index (χ1v) is 5.13. The zero-order valence-corrected chi connectivity index (χ0v) is 8.02. The molecular formula is C7H2F6O2S. The molecule has 1 rings (SSSR count). The van der Waals surface area contributed by atoms with Crippen molar-refractivity contribution in [1.29, 1.82) is 0 Å². The maximum Gasteiger partial charge on any atom is 0.306 e. The third-order valence-electron chi connectivity index (χ3n) is 1.62. The molecule has 0 heterocycles. The molecule has 0 aromatic heterocycles. The van der Waals surface area contributed by atoms with E-state index >= 15 is 0 Å². The summed E-state index contributed by atoms with van der Waals surface area (Å²) in [4.78, 5) is 0. The Hall–Kier alpha value is -1.25. The average Bonchev–Trinajstić information content (AvgIpc) is 2.17. The van der Waals surface area contributed by atoms with Gasteiger partial charge in [0.1, 0.15) is 5.75 Å². The molecule has 0 spiro atoms. The predicted octanol–water partition coefficient (Wildman–Crippen LogP) is 2.18. The molecule has 0 aliphatic rings. The molecule has 0 radical (unpaired) electrons. The number of benzene rings is 1. The molecule has 1 aromatic carbocycles. The van der Waals surface area contributed by atoms with Crippen molar-refractivity contribution >= 4 is 10.2 Å². The molecule has 90 valence electrons. The lowest BCUT2D eigenvalue weighted by atomic mass is 10.2. The Bertz CT molecular complexity index is 509. The van der Waals surface area contributed by atoms with Crippen LogP contribution in [0.15, 0.2) is 0 Å². The highest BCUT2D eigenvalue weighted by Gasteiger charge is 2.28. The van der Waals surface area contributed by atoms with Crippen LogP contribution in [0.25, 0.3) is 0 Å². The minimum Gasteiger partial charge on any atom is -0.203 e. The van der Waals surface area contributed by atoms with Gasteiger partial charge in [-0.3, -0.25) is 0 Å². The summed E-state index contributed by atoms with van der Waals surface area (Å²) in [5, 5.41) is 0. The van der Waals surface area contributed by atoms with Gasteiger partial charge in [-0.1, -0.05) is 0 Å². The Kier molecular flexibility index (Phi) is 3.17. The van der Waals surface area contributed by atoms with Gasteiger partial charge in [-0.15, -0.1) is 3.89 Å². The van der Waals surface area contributed by atoms with Crippen LogP contribution in [0.1, 0.15) is 5.56 Å². The van der Waals surface area contributed by atoms with Gasteiger partial charge >= 0.3 is 10.2 Å². The van der Waals surface area contributed by atoms with Gasteiger partial charge in [0.25, 0.3) is 0 Å². The third-order valence-corrected chi connectivity index (χ3v) is 2.25.